The van der Waals surface area contributed by atoms with Gasteiger partial charge in [-0.3, -0.25) is 9.97 Å². The molecule has 2 rings (SSSR count). The summed E-state index contributed by atoms with van der Waals surface area (Å²) in [6, 6.07) is 6.69. The third-order valence-electron chi connectivity index (χ3n) is 3.76. The summed E-state index contributed by atoms with van der Waals surface area (Å²) >= 11 is 0. The predicted octanol–water partition coefficient (Wildman–Crippen LogP) is 3.37. The molecule has 144 valence electrons. The number of carbonyl (C=O) groups excluding carboxylic acids is 2. The van der Waals surface area contributed by atoms with Gasteiger partial charge < -0.3 is 21.3 Å². The van der Waals surface area contributed by atoms with Crippen LogP contribution >= 0.6 is 0 Å². The van der Waals surface area contributed by atoms with E-state index in [2.05, 4.69) is 31.2 Å². The second-order valence-electron chi connectivity index (χ2n) is 6.01. The number of unbranched alkanes of at least 4 members (excludes halogenated alkanes) is 4. The largest absolute Gasteiger partial charge is 0.338 e. The first-order valence-electron chi connectivity index (χ1n) is 9.14. The number of hydrogen-bond acceptors (Lipinski definition) is 4. The molecule has 0 aliphatic heterocycles. The van der Waals surface area contributed by atoms with Gasteiger partial charge in [-0.25, -0.2) is 9.59 Å². The molecule has 0 unspecified atom stereocenters. The van der Waals surface area contributed by atoms with Crippen LogP contribution < -0.4 is 21.3 Å². The number of aromatic nitrogens is 2. The lowest BCUT2D eigenvalue weighted by Gasteiger charge is -2.08. The summed E-state index contributed by atoms with van der Waals surface area (Å²) in [5, 5.41) is 11.1. The highest BCUT2D eigenvalue weighted by Gasteiger charge is 2.01. The molecule has 0 saturated heterocycles. The fourth-order valence-corrected chi connectivity index (χ4v) is 2.41. The van der Waals surface area contributed by atoms with Crippen molar-refractivity contribution >= 4 is 23.4 Å². The van der Waals surface area contributed by atoms with E-state index in [9.17, 15) is 9.59 Å². The number of carbonyl (C=O) groups is 2. The molecule has 8 heteroatoms. The minimum atomic E-state index is -0.216. The minimum absolute atomic E-state index is 0.216. The van der Waals surface area contributed by atoms with Gasteiger partial charge in [-0.05, 0) is 37.1 Å². The molecule has 0 aliphatic carbocycles. The zero-order valence-corrected chi connectivity index (χ0v) is 15.3. The van der Waals surface area contributed by atoms with Crippen molar-refractivity contribution in [3.63, 3.8) is 0 Å². The SMILES string of the molecule is O=C(NCCCCCCCNC(=O)Nc1cccnc1)Nc1cccnc1. The smallest absolute Gasteiger partial charge is 0.319 e. The Kier molecular flexibility index (Phi) is 9.13. The molecule has 2 heterocycles. The van der Waals surface area contributed by atoms with E-state index >= 15 is 0 Å². The Bertz CT molecular complexity index is 622. The van der Waals surface area contributed by atoms with Crippen LogP contribution in [-0.2, 0) is 0 Å². The molecule has 0 fully saturated rings. The second kappa shape index (κ2) is 12.2. The number of urea groups is 2. The third-order valence-corrected chi connectivity index (χ3v) is 3.76. The van der Waals surface area contributed by atoms with Gasteiger partial charge >= 0.3 is 12.1 Å². The molecule has 27 heavy (non-hydrogen) atoms. The van der Waals surface area contributed by atoms with Crippen LogP contribution in [0.4, 0.5) is 21.0 Å². The molecule has 0 radical (unpaired) electrons. The van der Waals surface area contributed by atoms with Gasteiger partial charge in [0.05, 0.1) is 23.8 Å². The first-order chi connectivity index (χ1) is 13.2. The van der Waals surface area contributed by atoms with Crippen LogP contribution in [0, 0.1) is 0 Å². The molecule has 4 amide bonds. The van der Waals surface area contributed by atoms with Crippen molar-refractivity contribution in [3.05, 3.63) is 49.1 Å². The summed E-state index contributed by atoms with van der Waals surface area (Å²) < 4.78 is 0. The van der Waals surface area contributed by atoms with Gasteiger partial charge in [-0.2, -0.15) is 0 Å². The zero-order valence-electron chi connectivity index (χ0n) is 15.3. The summed E-state index contributed by atoms with van der Waals surface area (Å²) in [5.74, 6) is 0. The van der Waals surface area contributed by atoms with Crippen molar-refractivity contribution in [2.75, 3.05) is 23.7 Å². The molecule has 0 atom stereocenters. The lowest BCUT2D eigenvalue weighted by atomic mass is 10.1. The number of rotatable bonds is 10. The second-order valence-corrected chi connectivity index (χ2v) is 6.01. The summed E-state index contributed by atoms with van der Waals surface area (Å²) in [6.07, 6.45) is 11.5. The number of pyridine rings is 2. The summed E-state index contributed by atoms with van der Waals surface area (Å²) in [5.41, 5.74) is 1.35. The van der Waals surface area contributed by atoms with E-state index in [-0.39, 0.29) is 12.1 Å². The van der Waals surface area contributed by atoms with Gasteiger partial charge in [0, 0.05) is 25.5 Å². The van der Waals surface area contributed by atoms with Gasteiger partial charge in [0.15, 0.2) is 0 Å². The van der Waals surface area contributed by atoms with E-state index in [0.29, 0.717) is 24.5 Å². The maximum absolute atomic E-state index is 11.7. The maximum atomic E-state index is 11.7. The van der Waals surface area contributed by atoms with Crippen LogP contribution in [0.1, 0.15) is 32.1 Å². The van der Waals surface area contributed by atoms with Gasteiger partial charge in [-0.1, -0.05) is 19.3 Å². The number of anilines is 2. The summed E-state index contributed by atoms with van der Waals surface area (Å²) in [7, 11) is 0. The van der Waals surface area contributed by atoms with E-state index in [0.717, 1.165) is 32.1 Å². The quantitative estimate of drug-likeness (QED) is 0.481. The van der Waals surface area contributed by atoms with Crippen molar-refractivity contribution in [2.45, 2.75) is 32.1 Å². The Balaban J connectivity index is 1.40. The molecule has 8 nitrogen and oxygen atoms in total. The number of amides is 4. The van der Waals surface area contributed by atoms with E-state index in [4.69, 9.17) is 0 Å². The molecule has 0 bridgehead atoms. The van der Waals surface area contributed by atoms with E-state index < -0.39 is 0 Å². The van der Waals surface area contributed by atoms with Crippen LogP contribution in [0.3, 0.4) is 0 Å². The predicted molar refractivity (Wildman–Crippen MR) is 106 cm³/mol. The summed E-state index contributed by atoms with van der Waals surface area (Å²) in [4.78, 5) is 31.2. The van der Waals surface area contributed by atoms with Crippen molar-refractivity contribution in [2.24, 2.45) is 0 Å². The molecule has 4 N–H and O–H groups in total. The van der Waals surface area contributed by atoms with E-state index in [1.54, 1.807) is 49.1 Å². The first-order valence-corrected chi connectivity index (χ1v) is 9.14. The van der Waals surface area contributed by atoms with Gasteiger partial charge in [-0.15, -0.1) is 0 Å². The number of nitrogens with one attached hydrogen (secondary N) is 4. The maximum Gasteiger partial charge on any atom is 0.319 e. The Morgan fingerprint density at radius 3 is 1.56 bits per heavy atom. The van der Waals surface area contributed by atoms with Crippen molar-refractivity contribution in [3.8, 4) is 0 Å². The number of nitrogens with zero attached hydrogens (tertiary/aromatic N) is 2. The zero-order chi connectivity index (χ0) is 19.2. The molecule has 0 aromatic carbocycles. The molecule has 2 aromatic rings. The van der Waals surface area contributed by atoms with Crippen LogP contribution in [0.15, 0.2) is 49.1 Å². The highest BCUT2D eigenvalue weighted by Crippen LogP contribution is 2.04. The van der Waals surface area contributed by atoms with Crippen LogP contribution in [-0.4, -0.2) is 35.1 Å². The third kappa shape index (κ3) is 9.20. The topological polar surface area (TPSA) is 108 Å². The number of hydrogen-bond donors (Lipinski definition) is 4. The average Bonchev–Trinajstić information content (AvgIpc) is 2.68. The van der Waals surface area contributed by atoms with Crippen LogP contribution in [0.5, 0.6) is 0 Å². The molecular weight excluding hydrogens is 344 g/mol. The fraction of sp³-hybridized carbons (Fsp3) is 0.368. The Hall–Kier alpha value is -3.16. The fourth-order valence-electron chi connectivity index (χ4n) is 2.41. The normalized spacial score (nSPS) is 10.1. The Labute approximate surface area is 159 Å². The molecule has 2 aromatic heterocycles. The lowest BCUT2D eigenvalue weighted by molar-refractivity contribution is 0.251. The average molecular weight is 370 g/mol. The van der Waals surface area contributed by atoms with E-state index in [1.165, 1.54) is 0 Å². The Morgan fingerprint density at radius 2 is 1.15 bits per heavy atom. The van der Waals surface area contributed by atoms with Crippen molar-refractivity contribution < 1.29 is 9.59 Å². The molecule has 0 spiro atoms. The van der Waals surface area contributed by atoms with Gasteiger partial charge in [0.1, 0.15) is 0 Å². The lowest BCUT2D eigenvalue weighted by Crippen LogP contribution is -2.29. The van der Waals surface area contributed by atoms with Crippen LogP contribution in [0.2, 0.25) is 0 Å². The highest BCUT2D eigenvalue weighted by atomic mass is 16.2. The minimum Gasteiger partial charge on any atom is -0.338 e. The van der Waals surface area contributed by atoms with Crippen molar-refractivity contribution in [1.29, 1.82) is 0 Å². The van der Waals surface area contributed by atoms with Gasteiger partial charge in [0.2, 0.25) is 0 Å². The monoisotopic (exact) mass is 370 g/mol. The molecular formula is C19H26N6O2. The molecule has 0 aliphatic rings. The standard InChI is InChI=1S/C19H26N6O2/c26-18(24-16-8-6-10-20-14-16)22-12-4-2-1-3-5-13-23-19(27)25-17-9-7-11-21-15-17/h6-11,14-15H,1-5,12-13H2,(H2,22,24,26)(H2,23,25,27). The summed E-state index contributed by atoms with van der Waals surface area (Å²) in [6.45, 7) is 1.27. The van der Waals surface area contributed by atoms with E-state index in [1.807, 2.05) is 0 Å². The van der Waals surface area contributed by atoms with Crippen LogP contribution in [0.25, 0.3) is 0 Å². The highest BCUT2D eigenvalue weighted by molar-refractivity contribution is 5.89. The first kappa shape index (κ1) is 20.2. The van der Waals surface area contributed by atoms with Gasteiger partial charge in [0.25, 0.3) is 0 Å². The Morgan fingerprint density at radius 1 is 0.704 bits per heavy atom. The molecule has 0 saturated carbocycles. The van der Waals surface area contributed by atoms with Crippen molar-refractivity contribution in [1.82, 2.24) is 20.6 Å².